The van der Waals surface area contributed by atoms with Crippen molar-refractivity contribution in [1.29, 1.82) is 5.26 Å². The SMILES string of the molecule is N#C/C(=C\c1ccc(N(c2ccc(N(c3ccccc3)c3ccc4ccc5cccc6ccc3c4c56)cc2)c2ccc3ccc4cccc5ccc2c3c45)cc1)C(=O)O. The van der Waals surface area contributed by atoms with Crippen LogP contribution >= 0.6 is 0 Å². The number of aliphatic carboxylic acids is 1. The zero-order valence-corrected chi connectivity index (χ0v) is 31.7. The Hall–Kier alpha value is -8.20. The predicted molar refractivity (Wildman–Crippen MR) is 244 cm³/mol. The number of nitrogens with zero attached hydrogens (tertiary/aromatic N) is 3. The third-order valence-electron chi connectivity index (χ3n) is 11.7. The minimum Gasteiger partial charge on any atom is -0.477 e. The lowest BCUT2D eigenvalue weighted by atomic mass is 9.93. The van der Waals surface area contributed by atoms with Crippen LogP contribution in [0, 0.1) is 11.3 Å². The van der Waals surface area contributed by atoms with Crippen LogP contribution in [0.1, 0.15) is 5.56 Å². The Morgan fingerprint density at radius 1 is 0.424 bits per heavy atom. The van der Waals surface area contributed by atoms with Gasteiger partial charge in [-0.15, -0.1) is 0 Å². The summed E-state index contributed by atoms with van der Waals surface area (Å²) in [7, 11) is 0. The summed E-state index contributed by atoms with van der Waals surface area (Å²) < 4.78 is 0. The fourth-order valence-electron chi connectivity index (χ4n) is 9.04. The van der Waals surface area contributed by atoms with Gasteiger partial charge in [-0.2, -0.15) is 5.26 Å². The number of para-hydroxylation sites is 1. The van der Waals surface area contributed by atoms with Gasteiger partial charge in [0.1, 0.15) is 11.6 Å². The lowest BCUT2D eigenvalue weighted by Gasteiger charge is -2.30. The summed E-state index contributed by atoms with van der Waals surface area (Å²) >= 11 is 0. The third-order valence-corrected chi connectivity index (χ3v) is 11.7. The molecule has 5 nitrogen and oxygen atoms in total. The summed E-state index contributed by atoms with van der Waals surface area (Å²) in [6, 6.07) is 68.2. The maximum atomic E-state index is 11.6. The normalized spacial score (nSPS) is 11.9. The van der Waals surface area contributed by atoms with Gasteiger partial charge in [-0.25, -0.2) is 4.79 Å². The van der Waals surface area contributed by atoms with Crippen LogP contribution in [0.3, 0.4) is 0 Å². The molecule has 0 saturated heterocycles. The van der Waals surface area contributed by atoms with Crippen LogP contribution in [-0.2, 0) is 4.79 Å². The lowest BCUT2D eigenvalue weighted by molar-refractivity contribution is -0.132. The van der Waals surface area contributed by atoms with Gasteiger partial charge in [0.25, 0.3) is 0 Å². The Bertz CT molecular complexity index is 3450. The molecule has 59 heavy (non-hydrogen) atoms. The van der Waals surface area contributed by atoms with E-state index in [2.05, 4.69) is 168 Å². The fourth-order valence-corrected chi connectivity index (χ4v) is 9.04. The van der Waals surface area contributed by atoms with E-state index in [4.69, 9.17) is 0 Å². The van der Waals surface area contributed by atoms with Gasteiger partial charge in [-0.05, 0) is 126 Å². The molecule has 0 radical (unpaired) electrons. The highest BCUT2D eigenvalue weighted by molar-refractivity contribution is 6.27. The summed E-state index contributed by atoms with van der Waals surface area (Å²) in [5.41, 5.74) is 6.35. The Kier molecular flexibility index (Phi) is 7.79. The molecule has 0 amide bonds. The number of hydrogen-bond donors (Lipinski definition) is 1. The summed E-state index contributed by atoms with van der Waals surface area (Å²) in [5, 5.41) is 33.5. The quantitative estimate of drug-likeness (QED) is 0.0950. The van der Waals surface area contributed by atoms with Crippen LogP contribution in [0.4, 0.5) is 34.1 Å². The molecule has 11 rings (SSSR count). The molecule has 11 aromatic rings. The zero-order chi connectivity index (χ0) is 39.6. The van der Waals surface area contributed by atoms with Crippen molar-refractivity contribution >= 4 is 111 Å². The minimum atomic E-state index is -1.25. The van der Waals surface area contributed by atoms with E-state index < -0.39 is 5.97 Å². The predicted octanol–water partition coefficient (Wildman–Crippen LogP) is 14.4. The van der Waals surface area contributed by atoms with Crippen molar-refractivity contribution in [3.05, 3.63) is 199 Å². The average Bonchev–Trinajstić information content (AvgIpc) is 3.28. The highest BCUT2D eigenvalue weighted by Gasteiger charge is 2.22. The van der Waals surface area contributed by atoms with E-state index in [-0.39, 0.29) is 5.57 Å². The molecule has 0 aromatic heterocycles. The largest absolute Gasteiger partial charge is 0.477 e. The highest BCUT2D eigenvalue weighted by Crippen LogP contribution is 2.47. The first-order valence-corrected chi connectivity index (χ1v) is 19.6. The van der Waals surface area contributed by atoms with E-state index in [0.29, 0.717) is 5.56 Å². The van der Waals surface area contributed by atoms with Gasteiger partial charge in [0, 0.05) is 33.5 Å². The molecule has 0 spiro atoms. The maximum Gasteiger partial charge on any atom is 0.346 e. The number of rotatable bonds is 8. The first-order valence-electron chi connectivity index (χ1n) is 19.6. The molecule has 0 aliphatic heterocycles. The van der Waals surface area contributed by atoms with E-state index in [1.165, 1.54) is 65.3 Å². The smallest absolute Gasteiger partial charge is 0.346 e. The molecular formula is C54H33N3O2. The molecule has 0 bridgehead atoms. The van der Waals surface area contributed by atoms with E-state index >= 15 is 0 Å². The van der Waals surface area contributed by atoms with Gasteiger partial charge in [0.05, 0.1) is 11.4 Å². The molecule has 0 fully saturated rings. The first-order chi connectivity index (χ1) is 29.0. The second-order valence-electron chi connectivity index (χ2n) is 15.0. The molecule has 1 N–H and O–H groups in total. The van der Waals surface area contributed by atoms with Crippen molar-refractivity contribution < 1.29 is 9.90 Å². The van der Waals surface area contributed by atoms with Crippen molar-refractivity contribution in [3.63, 3.8) is 0 Å². The molecule has 11 aromatic carbocycles. The third kappa shape index (κ3) is 5.50. The Balaban J connectivity index is 1.09. The monoisotopic (exact) mass is 755 g/mol. The Morgan fingerprint density at radius 2 is 0.797 bits per heavy atom. The second-order valence-corrected chi connectivity index (χ2v) is 15.0. The molecule has 0 saturated carbocycles. The topological polar surface area (TPSA) is 67.6 Å². The highest BCUT2D eigenvalue weighted by atomic mass is 16.4. The second kappa shape index (κ2) is 13.5. The van der Waals surface area contributed by atoms with Crippen molar-refractivity contribution in [2.45, 2.75) is 0 Å². The molecule has 0 unspecified atom stereocenters. The van der Waals surface area contributed by atoms with Crippen LogP contribution in [0.5, 0.6) is 0 Å². The van der Waals surface area contributed by atoms with E-state index in [0.717, 1.165) is 39.5 Å². The van der Waals surface area contributed by atoms with Crippen molar-refractivity contribution in [1.82, 2.24) is 0 Å². The molecule has 0 atom stereocenters. The number of hydrogen-bond acceptors (Lipinski definition) is 4. The van der Waals surface area contributed by atoms with Crippen LogP contribution in [0.2, 0.25) is 0 Å². The van der Waals surface area contributed by atoms with Gasteiger partial charge in [0.2, 0.25) is 0 Å². The first kappa shape index (κ1) is 34.1. The standard InChI is InChI=1S/C54H33N3O2/c55-33-41(54(58)59)32-34-12-22-43(23-13-34)57(49-31-21-40-17-15-36-7-5-9-38-19-29-47(49)53(40)51(36)38)45-26-24-44(25-27-45)56(42-10-2-1-3-11-42)48-30-20-39-16-14-35-6-4-8-37-18-28-46(48)52(39)50(35)37/h1-32H,(H,58,59)/b41-32+. The number of carbonyl (C=O) groups is 1. The van der Waals surface area contributed by atoms with Gasteiger partial charge in [-0.1, -0.05) is 127 Å². The van der Waals surface area contributed by atoms with Crippen LogP contribution < -0.4 is 9.80 Å². The fraction of sp³-hybridized carbons (Fsp3) is 0. The summed E-state index contributed by atoms with van der Waals surface area (Å²) in [6.45, 7) is 0. The number of carboxylic acid groups (broad SMARTS) is 1. The van der Waals surface area contributed by atoms with E-state index in [1.54, 1.807) is 6.07 Å². The Labute approximate surface area is 339 Å². The zero-order valence-electron chi connectivity index (χ0n) is 31.7. The molecule has 0 aliphatic rings. The number of benzene rings is 11. The van der Waals surface area contributed by atoms with Gasteiger partial charge in [-0.3, -0.25) is 0 Å². The number of nitriles is 1. The number of anilines is 6. The molecule has 5 heteroatoms. The van der Waals surface area contributed by atoms with E-state index in [1.807, 2.05) is 30.3 Å². The average molecular weight is 756 g/mol. The van der Waals surface area contributed by atoms with Crippen LogP contribution in [0.15, 0.2) is 194 Å². The minimum absolute atomic E-state index is 0.315. The van der Waals surface area contributed by atoms with Crippen LogP contribution in [-0.4, -0.2) is 11.1 Å². The molecular weight excluding hydrogens is 723 g/mol. The maximum absolute atomic E-state index is 11.6. The molecule has 276 valence electrons. The summed E-state index contributed by atoms with van der Waals surface area (Å²) in [4.78, 5) is 16.2. The summed E-state index contributed by atoms with van der Waals surface area (Å²) in [6.07, 6.45) is 1.40. The van der Waals surface area contributed by atoms with Gasteiger partial charge >= 0.3 is 5.97 Å². The summed E-state index contributed by atoms with van der Waals surface area (Å²) in [5.74, 6) is -1.25. The van der Waals surface area contributed by atoms with Crippen molar-refractivity contribution in [2.75, 3.05) is 9.80 Å². The number of carboxylic acids is 1. The van der Waals surface area contributed by atoms with Gasteiger partial charge in [0.15, 0.2) is 0 Å². The molecule has 0 aliphatic carbocycles. The van der Waals surface area contributed by atoms with Crippen molar-refractivity contribution in [2.24, 2.45) is 0 Å². The van der Waals surface area contributed by atoms with Crippen molar-refractivity contribution in [3.8, 4) is 6.07 Å². The van der Waals surface area contributed by atoms with E-state index in [9.17, 15) is 15.2 Å². The molecule has 0 heterocycles. The van der Waals surface area contributed by atoms with Gasteiger partial charge < -0.3 is 14.9 Å². The lowest BCUT2D eigenvalue weighted by Crippen LogP contribution is -2.13. The van der Waals surface area contributed by atoms with Crippen LogP contribution in [0.25, 0.3) is 70.7 Å². The Morgan fingerprint density at radius 3 is 1.22 bits per heavy atom.